The summed E-state index contributed by atoms with van der Waals surface area (Å²) < 4.78 is 56.4. The van der Waals surface area contributed by atoms with Crippen LogP contribution in [0.1, 0.15) is 36.5 Å². The maximum atomic E-state index is 13.6. The Morgan fingerprint density at radius 3 is 2.33 bits per heavy atom. The lowest BCUT2D eigenvalue weighted by molar-refractivity contribution is -0.146. The SMILES string of the molecule is COCC(C)OC(=O)C1=C(N)N(c2cccc(C(F)(F)F)c2)C(C)=C(C(=O)OC)C1c1ccc(C2=NC2)cc1. The van der Waals surface area contributed by atoms with Gasteiger partial charge < -0.3 is 24.8 Å². The number of allylic oxidation sites excluding steroid dienone is 1. The molecule has 0 saturated carbocycles. The van der Waals surface area contributed by atoms with Crippen LogP contribution in [0.15, 0.2) is 76.2 Å². The van der Waals surface area contributed by atoms with Gasteiger partial charge in [0.25, 0.3) is 0 Å². The molecule has 2 atom stereocenters. The van der Waals surface area contributed by atoms with Crippen LogP contribution in [0.5, 0.6) is 0 Å². The lowest BCUT2D eigenvalue weighted by Crippen LogP contribution is -2.40. The van der Waals surface area contributed by atoms with Crippen LogP contribution in [-0.4, -0.2) is 51.1 Å². The van der Waals surface area contributed by atoms with Crippen LogP contribution in [0.4, 0.5) is 18.9 Å². The van der Waals surface area contributed by atoms with E-state index in [4.69, 9.17) is 19.9 Å². The standard InChI is InChI=1S/C28H28F3N3O5/c1-15(14-37-3)39-27(36)24-23(18-10-8-17(9-11-18)21-13-33-21)22(26(35)38-4)16(2)34(25(24)32)20-7-5-6-19(12-20)28(29,30)31/h5-12,15,23H,13-14,32H2,1-4H3. The largest absolute Gasteiger partial charge is 0.466 e. The number of halogens is 3. The summed E-state index contributed by atoms with van der Waals surface area (Å²) in [5.41, 5.74) is 8.16. The molecule has 11 heteroatoms. The van der Waals surface area contributed by atoms with Gasteiger partial charge in [0.05, 0.1) is 48.6 Å². The topological polar surface area (TPSA) is 103 Å². The molecule has 4 rings (SSSR count). The first kappa shape index (κ1) is 27.9. The molecule has 8 nitrogen and oxygen atoms in total. The minimum absolute atomic E-state index is 0.0111. The Balaban J connectivity index is 1.93. The van der Waals surface area contributed by atoms with Gasteiger partial charge in [-0.15, -0.1) is 0 Å². The number of esters is 2. The minimum atomic E-state index is -4.62. The first-order valence-corrected chi connectivity index (χ1v) is 12.1. The average molecular weight is 544 g/mol. The normalized spacial score (nSPS) is 18.1. The lowest BCUT2D eigenvalue weighted by Gasteiger charge is -2.37. The van der Waals surface area contributed by atoms with Gasteiger partial charge in [0.15, 0.2) is 0 Å². The van der Waals surface area contributed by atoms with Gasteiger partial charge in [0.1, 0.15) is 11.9 Å². The molecule has 0 amide bonds. The summed E-state index contributed by atoms with van der Waals surface area (Å²) in [5.74, 6) is -2.80. The molecule has 0 bridgehead atoms. The smallest absolute Gasteiger partial charge is 0.416 e. The Bertz CT molecular complexity index is 1380. The average Bonchev–Trinajstić information content (AvgIpc) is 3.73. The van der Waals surface area contributed by atoms with Gasteiger partial charge in [-0.1, -0.05) is 30.3 Å². The molecule has 0 saturated heterocycles. The van der Waals surface area contributed by atoms with Gasteiger partial charge >= 0.3 is 18.1 Å². The second-order valence-electron chi connectivity index (χ2n) is 9.16. The molecular weight excluding hydrogens is 515 g/mol. The van der Waals surface area contributed by atoms with Crippen LogP contribution in [0.2, 0.25) is 0 Å². The van der Waals surface area contributed by atoms with E-state index in [-0.39, 0.29) is 35.0 Å². The van der Waals surface area contributed by atoms with Crippen molar-refractivity contribution in [1.29, 1.82) is 0 Å². The Hall–Kier alpha value is -4.12. The van der Waals surface area contributed by atoms with Gasteiger partial charge in [0.2, 0.25) is 0 Å². The third kappa shape index (κ3) is 5.68. The number of methoxy groups -OCH3 is 2. The summed E-state index contributed by atoms with van der Waals surface area (Å²) in [6.45, 7) is 3.89. The van der Waals surface area contributed by atoms with E-state index >= 15 is 0 Å². The number of anilines is 1. The third-order valence-electron chi connectivity index (χ3n) is 6.48. The molecular formula is C28H28F3N3O5. The number of aliphatic imine (C=N–C) groups is 1. The van der Waals surface area contributed by atoms with Gasteiger partial charge in [-0.2, -0.15) is 13.2 Å². The van der Waals surface area contributed by atoms with Crippen molar-refractivity contribution >= 4 is 23.3 Å². The number of carbonyl (C=O) groups excluding carboxylic acids is 2. The van der Waals surface area contributed by atoms with Gasteiger partial charge in [-0.25, -0.2) is 9.59 Å². The number of hydrogen-bond donors (Lipinski definition) is 1. The molecule has 0 aromatic heterocycles. The van der Waals surface area contributed by atoms with Crippen LogP contribution in [0, 0.1) is 0 Å². The summed E-state index contributed by atoms with van der Waals surface area (Å²) in [7, 11) is 2.63. The van der Waals surface area contributed by atoms with E-state index in [9.17, 15) is 22.8 Å². The molecule has 39 heavy (non-hydrogen) atoms. The predicted octanol–water partition coefficient (Wildman–Crippen LogP) is 4.31. The van der Waals surface area contributed by atoms with E-state index in [0.29, 0.717) is 12.1 Å². The Labute approximate surface area is 223 Å². The number of nitrogens with zero attached hydrogens (tertiary/aromatic N) is 2. The molecule has 0 radical (unpaired) electrons. The molecule has 2 unspecified atom stereocenters. The molecule has 0 aliphatic carbocycles. The number of alkyl halides is 3. The van der Waals surface area contributed by atoms with E-state index in [2.05, 4.69) is 4.99 Å². The molecule has 2 N–H and O–H groups in total. The van der Waals surface area contributed by atoms with Crippen LogP contribution < -0.4 is 10.6 Å². The first-order valence-electron chi connectivity index (χ1n) is 12.1. The second-order valence-corrected chi connectivity index (χ2v) is 9.16. The zero-order valence-corrected chi connectivity index (χ0v) is 21.8. The number of nitrogens with two attached hydrogens (primary N) is 1. The van der Waals surface area contributed by atoms with Crippen molar-refractivity contribution in [2.24, 2.45) is 10.7 Å². The number of hydrogen-bond acceptors (Lipinski definition) is 8. The van der Waals surface area contributed by atoms with Crippen molar-refractivity contribution in [3.63, 3.8) is 0 Å². The number of rotatable bonds is 8. The Kier molecular flexibility index (Phi) is 7.82. The predicted molar refractivity (Wildman–Crippen MR) is 138 cm³/mol. The molecule has 2 aromatic carbocycles. The van der Waals surface area contributed by atoms with Crippen LogP contribution in [-0.2, 0) is 30.0 Å². The molecule has 0 fully saturated rings. The summed E-state index contributed by atoms with van der Waals surface area (Å²) in [6.07, 6.45) is -5.30. The number of ether oxygens (including phenoxy) is 3. The van der Waals surface area contributed by atoms with Crippen LogP contribution >= 0.6 is 0 Å². The Morgan fingerprint density at radius 1 is 1.10 bits per heavy atom. The van der Waals surface area contributed by atoms with Crippen molar-refractivity contribution in [2.45, 2.75) is 32.0 Å². The van der Waals surface area contributed by atoms with E-state index < -0.39 is 35.7 Å². The first-order chi connectivity index (χ1) is 18.5. The molecule has 2 aliphatic rings. The van der Waals surface area contributed by atoms with Gasteiger partial charge in [-0.05, 0) is 43.2 Å². The van der Waals surface area contributed by atoms with Crippen molar-refractivity contribution in [3.8, 4) is 0 Å². The van der Waals surface area contributed by atoms with Crippen LogP contribution in [0.25, 0.3) is 0 Å². The maximum absolute atomic E-state index is 13.6. The molecule has 2 aromatic rings. The van der Waals surface area contributed by atoms with Gasteiger partial charge in [-0.3, -0.25) is 4.99 Å². The monoisotopic (exact) mass is 543 g/mol. The highest BCUT2D eigenvalue weighted by Gasteiger charge is 2.42. The molecule has 206 valence electrons. The molecule has 2 aliphatic heterocycles. The highest BCUT2D eigenvalue weighted by Crippen LogP contribution is 2.44. The zero-order valence-electron chi connectivity index (χ0n) is 21.8. The summed E-state index contributed by atoms with van der Waals surface area (Å²) >= 11 is 0. The fraction of sp³-hybridized carbons (Fsp3) is 0.321. The van der Waals surface area contributed by atoms with E-state index in [0.717, 1.165) is 23.4 Å². The number of carbonyl (C=O) groups is 2. The summed E-state index contributed by atoms with van der Waals surface area (Å²) in [6, 6.07) is 11.6. The van der Waals surface area contributed by atoms with Crippen LogP contribution in [0.3, 0.4) is 0 Å². The zero-order chi connectivity index (χ0) is 28.5. The van der Waals surface area contributed by atoms with Gasteiger partial charge in [0, 0.05) is 18.5 Å². The quantitative estimate of drug-likeness (QED) is 0.495. The fourth-order valence-electron chi connectivity index (χ4n) is 4.61. The van der Waals surface area contributed by atoms with Crippen molar-refractivity contribution in [3.05, 3.63) is 87.9 Å². The molecule has 0 spiro atoms. The number of benzene rings is 2. The lowest BCUT2D eigenvalue weighted by atomic mass is 9.80. The fourth-order valence-corrected chi connectivity index (χ4v) is 4.61. The van der Waals surface area contributed by atoms with E-state index in [1.807, 2.05) is 12.1 Å². The van der Waals surface area contributed by atoms with E-state index in [1.54, 1.807) is 19.1 Å². The van der Waals surface area contributed by atoms with Crippen molar-refractivity contribution < 1.29 is 37.0 Å². The molecule has 2 heterocycles. The minimum Gasteiger partial charge on any atom is -0.466 e. The van der Waals surface area contributed by atoms with Crippen molar-refractivity contribution in [2.75, 3.05) is 32.3 Å². The maximum Gasteiger partial charge on any atom is 0.416 e. The Morgan fingerprint density at radius 2 is 1.77 bits per heavy atom. The van der Waals surface area contributed by atoms with E-state index in [1.165, 1.54) is 38.2 Å². The third-order valence-corrected chi connectivity index (χ3v) is 6.48. The summed E-state index contributed by atoms with van der Waals surface area (Å²) in [5, 5.41) is 0. The highest BCUT2D eigenvalue weighted by molar-refractivity contribution is 6.10. The van der Waals surface area contributed by atoms with Crippen molar-refractivity contribution in [1.82, 2.24) is 0 Å². The highest BCUT2D eigenvalue weighted by atomic mass is 19.4. The second kappa shape index (κ2) is 10.9. The summed E-state index contributed by atoms with van der Waals surface area (Å²) in [4.78, 5) is 32.2.